The van der Waals surface area contributed by atoms with Crippen LogP contribution in [0.15, 0.2) is 42.5 Å². The number of benzene rings is 2. The van der Waals surface area contributed by atoms with Gasteiger partial charge in [0.1, 0.15) is 5.75 Å². The molecule has 2 aromatic rings. The normalized spacial score (nSPS) is 10.5. The second kappa shape index (κ2) is 13.9. The average molecular weight is 457 g/mol. The van der Waals surface area contributed by atoms with Crippen molar-refractivity contribution in [3.63, 3.8) is 0 Å². The molecule has 0 fully saturated rings. The number of rotatable bonds is 6. The number of ether oxygens (including phenoxy) is 1. The molecule has 1 N–H and O–H groups in total. The third-order valence-electron chi connectivity index (χ3n) is 2.94. The minimum atomic E-state index is -0.394. The van der Waals surface area contributed by atoms with Crippen molar-refractivity contribution in [3.05, 3.63) is 58.6 Å². The topological polar surface area (TPSA) is 55.4 Å². The number of halogens is 2. The fourth-order valence-corrected chi connectivity index (χ4v) is 2.54. The van der Waals surface area contributed by atoms with Crippen LogP contribution in [0, 0.1) is 6.07 Å². The summed E-state index contributed by atoms with van der Waals surface area (Å²) in [5.41, 5.74) is 2.37. The summed E-state index contributed by atoms with van der Waals surface area (Å²) in [5, 5.41) is 3.45. The van der Waals surface area contributed by atoms with Gasteiger partial charge in [-0.15, -0.1) is 29.3 Å². The zero-order valence-corrected chi connectivity index (χ0v) is 17.3. The summed E-state index contributed by atoms with van der Waals surface area (Å²) in [4.78, 5) is 22.0. The van der Waals surface area contributed by atoms with E-state index in [1.165, 1.54) is 0 Å². The maximum Gasteiger partial charge on any atom is 2.00 e. The molecule has 0 aliphatic rings. The van der Waals surface area contributed by atoms with Crippen molar-refractivity contribution in [3.8, 4) is 5.75 Å². The maximum absolute atomic E-state index is 11.7. The van der Waals surface area contributed by atoms with Crippen LogP contribution in [0.5, 0.6) is 5.75 Å². The minimum absolute atomic E-state index is 0. The van der Waals surface area contributed by atoms with Gasteiger partial charge in [-0.2, -0.15) is 18.2 Å². The quantitative estimate of drug-likeness (QED) is 0.490. The van der Waals surface area contributed by atoms with E-state index in [0.717, 1.165) is 17.5 Å². The summed E-state index contributed by atoms with van der Waals surface area (Å²) in [6.07, 6.45) is 0.585. The average Bonchev–Trinajstić information content (AvgIpc) is 2.60. The van der Waals surface area contributed by atoms with E-state index in [4.69, 9.17) is 27.9 Å². The second-order valence-corrected chi connectivity index (χ2v) is 6.45. The van der Waals surface area contributed by atoms with Gasteiger partial charge in [0.15, 0.2) is 0 Å². The van der Waals surface area contributed by atoms with Crippen molar-refractivity contribution in [1.82, 2.24) is 0 Å². The minimum Gasteiger partial charge on any atom is -0.530 e. The molecule has 1 amide bonds. The first-order valence-electron chi connectivity index (χ1n) is 7.31. The molecule has 2 rings (SSSR count). The number of carbonyl (C=O) groups excluding carboxylic acids is 2. The number of anilines is 1. The van der Waals surface area contributed by atoms with Gasteiger partial charge in [-0.1, -0.05) is 17.0 Å². The Bertz CT molecular complexity index is 669. The first-order valence-corrected chi connectivity index (χ1v) is 8.94. The van der Waals surface area contributed by atoms with Crippen molar-refractivity contribution in [2.45, 2.75) is 18.6 Å². The van der Waals surface area contributed by atoms with Crippen LogP contribution in [0.25, 0.3) is 0 Å². The fourth-order valence-electron chi connectivity index (χ4n) is 1.69. The number of nitrogens with one attached hydrogen (secondary N) is 1. The fraction of sp³-hybridized carbons (Fsp3) is 0.222. The zero-order valence-electron chi connectivity index (χ0n) is 14.0. The number of hydrogen-bond acceptors (Lipinski definition) is 4. The molecule has 0 saturated heterocycles. The van der Waals surface area contributed by atoms with E-state index in [0.29, 0.717) is 22.2 Å². The molecule has 0 radical (unpaired) electrons. The molecule has 2 aromatic carbocycles. The van der Waals surface area contributed by atoms with E-state index in [9.17, 15) is 9.59 Å². The predicted molar refractivity (Wildman–Crippen MR) is 104 cm³/mol. The van der Waals surface area contributed by atoms with Gasteiger partial charge in [0.2, 0.25) is 5.91 Å². The van der Waals surface area contributed by atoms with E-state index < -0.39 is 5.25 Å². The van der Waals surface area contributed by atoms with Crippen LogP contribution in [-0.4, -0.2) is 23.9 Å². The molecule has 26 heavy (non-hydrogen) atoms. The molecule has 1 unspecified atom stereocenters. The van der Waals surface area contributed by atoms with Crippen molar-refractivity contribution < 1.29 is 30.8 Å². The summed E-state index contributed by atoms with van der Waals surface area (Å²) in [6, 6.07) is 15.0. The van der Waals surface area contributed by atoms with Crippen LogP contribution in [0.4, 0.5) is 5.69 Å². The molecule has 0 aromatic heterocycles. The Morgan fingerprint density at radius 3 is 2.19 bits per heavy atom. The number of carbonyl (C=O) groups is 1. The first-order chi connectivity index (χ1) is 12.0. The van der Waals surface area contributed by atoms with Gasteiger partial charge < -0.3 is 26.6 Å². The summed E-state index contributed by atoms with van der Waals surface area (Å²) in [5.74, 6) is 0.539. The van der Waals surface area contributed by atoms with E-state index in [1.807, 2.05) is 6.92 Å². The Morgan fingerprint density at radius 2 is 1.81 bits per heavy atom. The third-order valence-corrected chi connectivity index (χ3v) is 4.30. The van der Waals surface area contributed by atoms with Crippen LogP contribution >= 0.6 is 35.0 Å². The molecule has 0 aliphatic heterocycles. The predicted octanol–water partition coefficient (Wildman–Crippen LogP) is 5.00. The first kappa shape index (κ1) is 24.8. The van der Waals surface area contributed by atoms with Crippen molar-refractivity contribution in [1.29, 1.82) is 0 Å². The van der Waals surface area contributed by atoms with Gasteiger partial charge >= 0.3 is 16.5 Å². The monoisotopic (exact) mass is 455 g/mol. The molecule has 0 bridgehead atoms. The Hall–Kier alpha value is -1.20. The summed E-state index contributed by atoms with van der Waals surface area (Å²) in [7, 11) is 1.58. The van der Waals surface area contributed by atoms with Gasteiger partial charge in [-0.3, -0.25) is 4.79 Å². The summed E-state index contributed by atoms with van der Waals surface area (Å²) in [6.45, 7) is 1.85. The SMILES string of the molecule is CCC(S[C-]=O)C(=O)Nc1ccc(OC)cc1.Clc1[c-]c(Cl)ccc1.[Ni+2]. The molecule has 8 heteroatoms. The largest absolute Gasteiger partial charge is 2.00 e. The van der Waals surface area contributed by atoms with E-state index in [-0.39, 0.29) is 22.4 Å². The van der Waals surface area contributed by atoms with E-state index >= 15 is 0 Å². The molecule has 0 aliphatic carbocycles. The van der Waals surface area contributed by atoms with Gasteiger partial charge in [-0.25, -0.2) is 5.62 Å². The Morgan fingerprint density at radius 1 is 1.23 bits per heavy atom. The summed E-state index contributed by atoms with van der Waals surface area (Å²) >= 11 is 11.9. The number of hydrogen-bond donors (Lipinski definition) is 1. The summed E-state index contributed by atoms with van der Waals surface area (Å²) < 4.78 is 5.01. The number of methoxy groups -OCH3 is 1. The van der Waals surface area contributed by atoms with Crippen LogP contribution in [-0.2, 0) is 26.1 Å². The van der Waals surface area contributed by atoms with Crippen LogP contribution in [0.3, 0.4) is 0 Å². The molecule has 1 atom stereocenters. The van der Waals surface area contributed by atoms with Gasteiger partial charge in [-0.05, 0) is 30.7 Å². The van der Waals surface area contributed by atoms with Crippen molar-refractivity contribution in [2.75, 3.05) is 12.4 Å². The van der Waals surface area contributed by atoms with Crippen molar-refractivity contribution >= 4 is 52.2 Å². The van der Waals surface area contributed by atoms with Crippen LogP contribution < -0.4 is 10.1 Å². The molecule has 0 saturated carbocycles. The molecular formula is C18H17Cl2NNiO3S. The zero-order chi connectivity index (χ0) is 18.7. The third kappa shape index (κ3) is 9.49. The Labute approximate surface area is 177 Å². The number of thioether (sulfide) groups is 1. The Kier molecular flexibility index (Phi) is 13.3. The smallest absolute Gasteiger partial charge is 0.530 e. The van der Waals surface area contributed by atoms with Gasteiger partial charge in [0.25, 0.3) is 0 Å². The molecule has 4 nitrogen and oxygen atoms in total. The molecule has 0 heterocycles. The number of amides is 1. The molecule has 0 spiro atoms. The van der Waals surface area contributed by atoms with E-state index in [1.54, 1.807) is 55.2 Å². The standard InChI is InChI=1S/C12H14NO3S.C6H3Cl2.Ni/c1-3-11(17-8-14)12(15)13-9-4-6-10(16-2)7-5-9;7-5-2-1-3-6(8)4-5;/h4-7,11H,3H2,1-2H3,(H,13,15);1-3H;/q2*-1;+2. The van der Waals surface area contributed by atoms with E-state index in [2.05, 4.69) is 11.4 Å². The van der Waals surface area contributed by atoms with Crippen molar-refractivity contribution in [2.24, 2.45) is 0 Å². The maximum atomic E-state index is 11.7. The Balaban J connectivity index is 0.000000583. The second-order valence-electron chi connectivity index (χ2n) is 4.66. The van der Waals surface area contributed by atoms with Gasteiger partial charge in [0, 0.05) is 5.69 Å². The molecule has 142 valence electrons. The van der Waals surface area contributed by atoms with Crippen LogP contribution in [0.2, 0.25) is 10.0 Å². The van der Waals surface area contributed by atoms with Crippen LogP contribution in [0.1, 0.15) is 13.3 Å². The molecular weight excluding hydrogens is 440 g/mol. The van der Waals surface area contributed by atoms with Gasteiger partial charge in [0.05, 0.1) is 12.4 Å².